The Morgan fingerprint density at radius 1 is 1.00 bits per heavy atom. The van der Waals surface area contributed by atoms with Gasteiger partial charge >= 0.3 is 6.03 Å². The van der Waals surface area contributed by atoms with Gasteiger partial charge in [-0.2, -0.15) is 0 Å². The first kappa shape index (κ1) is 21.2. The Morgan fingerprint density at radius 2 is 1.66 bits per heavy atom. The number of anilines is 2. The molecule has 0 bridgehead atoms. The molecule has 1 aliphatic heterocycles. The molecule has 0 saturated carbocycles. The fraction of sp³-hybridized carbons (Fsp3) is 0.409. The van der Waals surface area contributed by atoms with Gasteiger partial charge < -0.3 is 10.2 Å². The van der Waals surface area contributed by atoms with Crippen molar-refractivity contribution in [2.75, 3.05) is 23.1 Å². The summed E-state index contributed by atoms with van der Waals surface area (Å²) in [5, 5.41) is 2.87. The largest absolute Gasteiger partial charge is 0.325 e. The molecular formula is C22H29N3O3S. The van der Waals surface area contributed by atoms with Crippen molar-refractivity contribution >= 4 is 27.4 Å². The molecule has 1 saturated heterocycles. The number of hydrogen-bond donors (Lipinski definition) is 2. The summed E-state index contributed by atoms with van der Waals surface area (Å²) in [5.41, 5.74) is 3.06. The molecule has 0 aromatic heterocycles. The van der Waals surface area contributed by atoms with E-state index in [0.717, 1.165) is 56.3 Å². The number of carbonyl (C=O) groups is 1. The molecule has 1 aliphatic rings. The van der Waals surface area contributed by atoms with E-state index in [1.165, 1.54) is 12.1 Å². The van der Waals surface area contributed by atoms with Crippen molar-refractivity contribution in [3.63, 3.8) is 0 Å². The molecule has 1 fully saturated rings. The van der Waals surface area contributed by atoms with Crippen molar-refractivity contribution in [3.05, 3.63) is 53.6 Å². The van der Waals surface area contributed by atoms with Crippen LogP contribution in [0.2, 0.25) is 0 Å². The van der Waals surface area contributed by atoms with E-state index in [0.29, 0.717) is 11.4 Å². The summed E-state index contributed by atoms with van der Waals surface area (Å²) < 4.78 is 28.4. The number of amides is 2. The fourth-order valence-corrected chi connectivity index (χ4v) is 4.73. The molecule has 2 aromatic rings. The van der Waals surface area contributed by atoms with Crippen LogP contribution in [0.1, 0.15) is 43.7 Å². The maximum atomic E-state index is 12.8. The quantitative estimate of drug-likeness (QED) is 0.739. The Morgan fingerprint density at radius 3 is 2.28 bits per heavy atom. The van der Waals surface area contributed by atoms with E-state index in [9.17, 15) is 13.2 Å². The highest BCUT2D eigenvalue weighted by Crippen LogP contribution is 2.25. The number of hydrogen-bond acceptors (Lipinski definition) is 3. The minimum absolute atomic E-state index is 0.131. The highest BCUT2D eigenvalue weighted by atomic mass is 32.2. The molecule has 0 radical (unpaired) electrons. The minimum Gasteiger partial charge on any atom is -0.325 e. The number of benzene rings is 2. The molecular weight excluding hydrogens is 386 g/mol. The predicted molar refractivity (Wildman–Crippen MR) is 117 cm³/mol. The third kappa shape index (κ3) is 5.29. The number of para-hydroxylation sites is 1. The second-order valence-corrected chi connectivity index (χ2v) is 9.11. The van der Waals surface area contributed by atoms with Gasteiger partial charge in [0.15, 0.2) is 0 Å². The Labute approximate surface area is 173 Å². The molecule has 0 spiro atoms. The second-order valence-electron chi connectivity index (χ2n) is 7.42. The van der Waals surface area contributed by atoms with E-state index < -0.39 is 10.0 Å². The summed E-state index contributed by atoms with van der Waals surface area (Å²) in [5.74, 6) is 0. The van der Waals surface area contributed by atoms with Gasteiger partial charge in [-0.1, -0.05) is 38.0 Å². The van der Waals surface area contributed by atoms with Gasteiger partial charge in [0.2, 0.25) is 0 Å². The number of rotatable bonds is 5. The van der Waals surface area contributed by atoms with Crippen LogP contribution in [-0.2, 0) is 16.4 Å². The van der Waals surface area contributed by atoms with Crippen LogP contribution in [0, 0.1) is 6.92 Å². The normalized spacial score (nSPS) is 14.9. The molecule has 3 rings (SSSR count). The maximum Gasteiger partial charge on any atom is 0.321 e. The third-order valence-electron chi connectivity index (χ3n) is 5.29. The van der Waals surface area contributed by atoms with Crippen molar-refractivity contribution in [3.8, 4) is 0 Å². The lowest BCUT2D eigenvalue weighted by Crippen LogP contribution is -2.35. The van der Waals surface area contributed by atoms with E-state index >= 15 is 0 Å². The Hall–Kier alpha value is -2.54. The molecule has 0 atom stereocenters. The lowest BCUT2D eigenvalue weighted by atomic mass is 10.1. The molecule has 0 aliphatic carbocycles. The van der Waals surface area contributed by atoms with E-state index in [4.69, 9.17) is 0 Å². The third-order valence-corrected chi connectivity index (χ3v) is 6.65. The molecule has 29 heavy (non-hydrogen) atoms. The number of carbonyl (C=O) groups excluding carboxylic acids is 1. The average Bonchev–Trinajstić information content (AvgIpc) is 2.99. The number of sulfonamides is 1. The number of urea groups is 1. The molecule has 156 valence electrons. The van der Waals surface area contributed by atoms with Gasteiger partial charge in [0.05, 0.1) is 10.6 Å². The van der Waals surface area contributed by atoms with Gasteiger partial charge in [-0.05, 0) is 61.6 Å². The smallest absolute Gasteiger partial charge is 0.321 e. The number of likely N-dealkylation sites (tertiary alicyclic amines) is 1. The molecule has 6 nitrogen and oxygen atoms in total. The van der Waals surface area contributed by atoms with E-state index in [2.05, 4.69) is 10.0 Å². The number of aryl methyl sites for hydroxylation is 2. The van der Waals surface area contributed by atoms with Crippen molar-refractivity contribution in [2.24, 2.45) is 0 Å². The molecule has 2 aromatic carbocycles. The zero-order valence-corrected chi connectivity index (χ0v) is 17.9. The predicted octanol–water partition coefficient (Wildman–Crippen LogP) is 4.77. The lowest BCUT2D eigenvalue weighted by molar-refractivity contribution is 0.214. The second kappa shape index (κ2) is 9.31. The Balaban J connectivity index is 1.71. The summed E-state index contributed by atoms with van der Waals surface area (Å²) in [6, 6.07) is 11.9. The Bertz CT molecular complexity index is 948. The monoisotopic (exact) mass is 415 g/mol. The van der Waals surface area contributed by atoms with Crippen molar-refractivity contribution in [2.45, 2.75) is 50.8 Å². The SMILES string of the molecule is CCc1cccc(C)c1NS(=O)(=O)c1ccc(NC(=O)N2CCCCCC2)cc1. The minimum atomic E-state index is -3.71. The summed E-state index contributed by atoms with van der Waals surface area (Å²) in [6.07, 6.45) is 5.10. The topological polar surface area (TPSA) is 78.5 Å². The summed E-state index contributed by atoms with van der Waals surface area (Å²) in [4.78, 5) is 14.4. The maximum absolute atomic E-state index is 12.8. The van der Waals surface area contributed by atoms with Gasteiger partial charge in [0.25, 0.3) is 10.0 Å². The summed E-state index contributed by atoms with van der Waals surface area (Å²) >= 11 is 0. The van der Waals surface area contributed by atoms with E-state index in [1.807, 2.05) is 36.9 Å². The first-order valence-corrected chi connectivity index (χ1v) is 11.7. The van der Waals surface area contributed by atoms with Crippen LogP contribution >= 0.6 is 0 Å². The lowest BCUT2D eigenvalue weighted by Gasteiger charge is -2.21. The Kier molecular flexibility index (Phi) is 6.79. The van der Waals surface area contributed by atoms with Crippen LogP contribution in [-0.4, -0.2) is 32.4 Å². The standard InChI is InChI=1S/C22H29N3O3S/c1-3-18-10-8-9-17(2)21(18)24-29(27,28)20-13-11-19(12-14-20)23-22(26)25-15-6-4-5-7-16-25/h8-14,24H,3-7,15-16H2,1-2H3,(H,23,26). The average molecular weight is 416 g/mol. The highest BCUT2D eigenvalue weighted by molar-refractivity contribution is 7.92. The molecule has 2 N–H and O–H groups in total. The first-order valence-electron chi connectivity index (χ1n) is 10.2. The van der Waals surface area contributed by atoms with Crippen LogP contribution in [0.15, 0.2) is 47.4 Å². The van der Waals surface area contributed by atoms with Crippen molar-refractivity contribution in [1.29, 1.82) is 0 Å². The van der Waals surface area contributed by atoms with Crippen LogP contribution < -0.4 is 10.0 Å². The van der Waals surface area contributed by atoms with Crippen LogP contribution in [0.3, 0.4) is 0 Å². The van der Waals surface area contributed by atoms with Gasteiger partial charge in [-0.25, -0.2) is 13.2 Å². The van der Waals surface area contributed by atoms with Gasteiger partial charge in [0, 0.05) is 18.8 Å². The van der Waals surface area contributed by atoms with Crippen LogP contribution in [0.5, 0.6) is 0 Å². The number of nitrogens with one attached hydrogen (secondary N) is 2. The zero-order chi connectivity index (χ0) is 20.9. The van der Waals surface area contributed by atoms with E-state index in [1.54, 1.807) is 12.1 Å². The highest BCUT2D eigenvalue weighted by Gasteiger charge is 2.18. The molecule has 7 heteroatoms. The van der Waals surface area contributed by atoms with Gasteiger partial charge in [-0.3, -0.25) is 4.72 Å². The summed E-state index contributed by atoms with van der Waals surface area (Å²) in [6.45, 7) is 5.41. The van der Waals surface area contributed by atoms with Gasteiger partial charge in [-0.15, -0.1) is 0 Å². The van der Waals surface area contributed by atoms with Crippen molar-refractivity contribution in [1.82, 2.24) is 4.90 Å². The molecule has 2 amide bonds. The van der Waals surface area contributed by atoms with Crippen LogP contribution in [0.25, 0.3) is 0 Å². The molecule has 0 unspecified atom stereocenters. The zero-order valence-electron chi connectivity index (χ0n) is 17.1. The first-order chi connectivity index (χ1) is 13.9. The number of nitrogens with zero attached hydrogens (tertiary/aromatic N) is 1. The summed E-state index contributed by atoms with van der Waals surface area (Å²) in [7, 11) is -3.71. The fourth-order valence-electron chi connectivity index (χ4n) is 3.56. The van der Waals surface area contributed by atoms with Crippen molar-refractivity contribution < 1.29 is 13.2 Å². The van der Waals surface area contributed by atoms with Crippen LogP contribution in [0.4, 0.5) is 16.2 Å². The van der Waals surface area contributed by atoms with Gasteiger partial charge in [0.1, 0.15) is 0 Å². The molecule has 1 heterocycles. The van der Waals surface area contributed by atoms with E-state index in [-0.39, 0.29) is 10.9 Å².